The van der Waals surface area contributed by atoms with E-state index in [0.717, 1.165) is 20.9 Å². The number of hydrogen-bond donors (Lipinski definition) is 3. The molecule has 1 heterocycles. The third-order valence-corrected chi connectivity index (χ3v) is 6.95. The Kier molecular flexibility index (Phi) is 7.37. The largest absolute Gasteiger partial charge is 0.480 e. The molecule has 0 spiro atoms. The van der Waals surface area contributed by atoms with Crippen LogP contribution in [0.4, 0.5) is 10.5 Å². The summed E-state index contributed by atoms with van der Waals surface area (Å²) >= 11 is 2.76. The van der Waals surface area contributed by atoms with Gasteiger partial charge in [-0.15, -0.1) is 23.1 Å². The first-order chi connectivity index (χ1) is 14.4. The number of nitrogens with one attached hydrogen (secondary N) is 1. The Labute approximate surface area is 183 Å². The summed E-state index contributed by atoms with van der Waals surface area (Å²) < 4.78 is 5.23. The Morgan fingerprint density at radius 3 is 2.50 bits per heavy atom. The van der Waals surface area contributed by atoms with Crippen LogP contribution in [-0.4, -0.2) is 23.2 Å². The van der Waals surface area contributed by atoms with Crippen LogP contribution in [0.2, 0.25) is 0 Å². The van der Waals surface area contributed by atoms with Crippen molar-refractivity contribution in [2.24, 2.45) is 0 Å². The van der Waals surface area contributed by atoms with Crippen molar-refractivity contribution in [2.45, 2.75) is 29.7 Å². The number of aliphatic carboxylic acids is 1. The summed E-state index contributed by atoms with van der Waals surface area (Å²) in [6.45, 7) is 2.00. The number of carbonyl (C=O) groups is 2. The predicted octanol–water partition coefficient (Wildman–Crippen LogP) is 4.85. The third kappa shape index (κ3) is 5.77. The van der Waals surface area contributed by atoms with Crippen LogP contribution in [0.1, 0.15) is 21.3 Å². The van der Waals surface area contributed by atoms with E-state index in [1.807, 2.05) is 66.9 Å². The molecule has 0 aliphatic rings. The second-order valence-electron chi connectivity index (χ2n) is 6.62. The number of benzene rings is 2. The molecule has 0 bridgehead atoms. The van der Waals surface area contributed by atoms with Gasteiger partial charge < -0.3 is 20.9 Å². The van der Waals surface area contributed by atoms with Crippen LogP contribution < -0.4 is 11.1 Å². The SMILES string of the molecule is Cc1csc(C(Sc2ccccc2N)[C@H](NC(=O)OCc2ccccc2)C(=O)O)c1. The van der Waals surface area contributed by atoms with E-state index in [1.165, 1.54) is 23.1 Å². The molecule has 1 aromatic heterocycles. The number of thioether (sulfide) groups is 1. The summed E-state index contributed by atoms with van der Waals surface area (Å²) in [4.78, 5) is 26.0. The van der Waals surface area contributed by atoms with Gasteiger partial charge in [0.2, 0.25) is 0 Å². The first kappa shape index (κ1) is 21.7. The topological polar surface area (TPSA) is 102 Å². The van der Waals surface area contributed by atoms with Crippen molar-refractivity contribution in [1.29, 1.82) is 0 Å². The molecule has 0 radical (unpaired) electrons. The van der Waals surface area contributed by atoms with E-state index in [2.05, 4.69) is 5.32 Å². The quantitative estimate of drug-likeness (QED) is 0.340. The molecule has 30 heavy (non-hydrogen) atoms. The molecule has 0 saturated heterocycles. The van der Waals surface area contributed by atoms with Gasteiger partial charge in [-0.05, 0) is 41.6 Å². The average molecular weight is 443 g/mol. The lowest BCUT2D eigenvalue weighted by Gasteiger charge is -2.24. The lowest BCUT2D eigenvalue weighted by Crippen LogP contribution is -2.44. The highest BCUT2D eigenvalue weighted by atomic mass is 32.2. The smallest absolute Gasteiger partial charge is 0.408 e. The second-order valence-corrected chi connectivity index (χ2v) is 8.75. The van der Waals surface area contributed by atoms with Crippen molar-refractivity contribution in [3.63, 3.8) is 0 Å². The second kappa shape index (κ2) is 10.2. The first-order valence-corrected chi connectivity index (χ1v) is 11.0. The highest BCUT2D eigenvalue weighted by molar-refractivity contribution is 8.00. The molecule has 8 heteroatoms. The van der Waals surface area contributed by atoms with Gasteiger partial charge >= 0.3 is 12.1 Å². The van der Waals surface area contributed by atoms with Gasteiger partial charge in [0.1, 0.15) is 12.6 Å². The Balaban J connectivity index is 1.79. The number of carbonyl (C=O) groups excluding carboxylic acids is 1. The number of rotatable bonds is 8. The molecule has 3 aromatic rings. The van der Waals surface area contributed by atoms with E-state index in [0.29, 0.717) is 5.69 Å². The van der Waals surface area contributed by atoms with Gasteiger partial charge in [0.15, 0.2) is 0 Å². The summed E-state index contributed by atoms with van der Waals surface area (Å²) in [5, 5.41) is 13.8. The fourth-order valence-electron chi connectivity index (χ4n) is 2.78. The molecule has 156 valence electrons. The van der Waals surface area contributed by atoms with E-state index in [1.54, 1.807) is 6.07 Å². The third-order valence-electron chi connectivity index (χ3n) is 4.26. The minimum Gasteiger partial charge on any atom is -0.480 e. The van der Waals surface area contributed by atoms with Crippen LogP contribution in [0.15, 0.2) is 70.9 Å². The number of anilines is 1. The van der Waals surface area contributed by atoms with E-state index in [4.69, 9.17) is 10.5 Å². The molecule has 4 N–H and O–H groups in total. The zero-order chi connectivity index (χ0) is 21.5. The van der Waals surface area contributed by atoms with Crippen LogP contribution in [0.25, 0.3) is 0 Å². The number of nitrogens with two attached hydrogens (primary N) is 1. The molecule has 6 nitrogen and oxygen atoms in total. The monoisotopic (exact) mass is 442 g/mol. The molecular formula is C22H22N2O4S2. The van der Waals surface area contributed by atoms with Crippen LogP contribution in [-0.2, 0) is 16.1 Å². The number of carboxylic acid groups (broad SMARTS) is 1. The fraction of sp³-hybridized carbons (Fsp3) is 0.182. The van der Waals surface area contributed by atoms with E-state index < -0.39 is 23.4 Å². The van der Waals surface area contributed by atoms with Crippen molar-refractivity contribution in [2.75, 3.05) is 5.73 Å². The molecule has 0 aliphatic heterocycles. The normalized spacial score (nSPS) is 12.7. The van der Waals surface area contributed by atoms with Gasteiger partial charge in [0.25, 0.3) is 0 Å². The van der Waals surface area contributed by atoms with Gasteiger partial charge in [-0.3, -0.25) is 0 Å². The molecule has 1 amide bonds. The standard InChI is InChI=1S/C22H22N2O4S2/c1-14-11-18(29-13-14)20(30-17-10-6-5-9-16(17)23)19(21(25)26)24-22(27)28-12-15-7-3-2-4-8-15/h2-11,13,19-20H,12,23H2,1H3,(H,24,27)(H,25,26)/t19-,20?/m0/s1. The zero-order valence-electron chi connectivity index (χ0n) is 16.3. The van der Waals surface area contributed by atoms with Crippen molar-refractivity contribution in [3.05, 3.63) is 82.0 Å². The maximum Gasteiger partial charge on any atom is 0.408 e. The van der Waals surface area contributed by atoms with Gasteiger partial charge in [-0.25, -0.2) is 9.59 Å². The zero-order valence-corrected chi connectivity index (χ0v) is 17.9. The number of amides is 1. The summed E-state index contributed by atoms with van der Waals surface area (Å²) in [6.07, 6.45) is -0.786. The number of thiophene rings is 1. The van der Waals surface area contributed by atoms with Gasteiger partial charge in [0.05, 0.1) is 5.25 Å². The van der Waals surface area contributed by atoms with Crippen LogP contribution in [0.3, 0.4) is 0 Å². The summed E-state index contributed by atoms with van der Waals surface area (Å²) in [7, 11) is 0. The molecule has 0 fully saturated rings. The fourth-order valence-corrected chi connectivity index (χ4v) is 5.14. The van der Waals surface area contributed by atoms with Crippen molar-refractivity contribution >= 4 is 40.8 Å². The highest BCUT2D eigenvalue weighted by Gasteiger charge is 2.34. The lowest BCUT2D eigenvalue weighted by molar-refractivity contribution is -0.139. The molecule has 2 atom stereocenters. The Morgan fingerprint density at radius 1 is 1.17 bits per heavy atom. The maximum atomic E-state index is 12.4. The van der Waals surface area contributed by atoms with Crippen molar-refractivity contribution in [1.82, 2.24) is 5.32 Å². The maximum absolute atomic E-state index is 12.4. The Bertz CT molecular complexity index is 1010. The van der Waals surface area contributed by atoms with Gasteiger partial charge in [0, 0.05) is 15.5 Å². The summed E-state index contributed by atoms with van der Waals surface area (Å²) in [5.74, 6) is -1.15. The van der Waals surface area contributed by atoms with Crippen LogP contribution >= 0.6 is 23.1 Å². The molecule has 0 saturated carbocycles. The highest BCUT2D eigenvalue weighted by Crippen LogP contribution is 2.42. The number of para-hydroxylation sites is 1. The number of ether oxygens (including phenoxy) is 1. The number of carboxylic acids is 1. The number of aryl methyl sites for hydroxylation is 1. The predicted molar refractivity (Wildman–Crippen MR) is 120 cm³/mol. The van der Waals surface area contributed by atoms with Gasteiger partial charge in [-0.2, -0.15) is 0 Å². The Hall–Kier alpha value is -2.97. The molecule has 2 aromatic carbocycles. The Morgan fingerprint density at radius 2 is 1.87 bits per heavy atom. The number of nitrogen functional groups attached to an aromatic ring is 1. The van der Waals surface area contributed by atoms with E-state index in [9.17, 15) is 14.7 Å². The minimum absolute atomic E-state index is 0.0561. The number of hydrogen-bond acceptors (Lipinski definition) is 6. The summed E-state index contributed by atoms with van der Waals surface area (Å²) in [6, 6.07) is 17.2. The molecular weight excluding hydrogens is 420 g/mol. The molecule has 0 aliphatic carbocycles. The van der Waals surface area contributed by atoms with Crippen molar-refractivity contribution < 1.29 is 19.4 Å². The van der Waals surface area contributed by atoms with Crippen LogP contribution in [0, 0.1) is 6.92 Å². The lowest BCUT2D eigenvalue weighted by atomic mass is 10.1. The minimum atomic E-state index is -1.20. The van der Waals surface area contributed by atoms with Gasteiger partial charge in [-0.1, -0.05) is 42.5 Å². The first-order valence-electron chi connectivity index (χ1n) is 9.20. The van der Waals surface area contributed by atoms with Crippen molar-refractivity contribution in [3.8, 4) is 0 Å². The average Bonchev–Trinajstić information content (AvgIpc) is 3.17. The van der Waals surface area contributed by atoms with E-state index in [-0.39, 0.29) is 6.61 Å². The molecule has 1 unspecified atom stereocenters. The van der Waals surface area contributed by atoms with Crippen LogP contribution in [0.5, 0.6) is 0 Å². The molecule has 3 rings (SSSR count). The van der Waals surface area contributed by atoms with E-state index >= 15 is 0 Å². The summed E-state index contributed by atoms with van der Waals surface area (Å²) in [5.41, 5.74) is 8.46. The number of alkyl carbamates (subject to hydrolysis) is 1.